The second-order valence-electron chi connectivity index (χ2n) is 5.17. The number of carbonyl (C=O) groups excluding carboxylic acids is 1. The Kier molecular flexibility index (Phi) is 4.78. The van der Waals surface area contributed by atoms with Gasteiger partial charge in [-0.3, -0.25) is 19.8 Å². The number of nitrogens with zero attached hydrogens (tertiary/aromatic N) is 3. The minimum atomic E-state index is -0.612. The zero-order valence-electron chi connectivity index (χ0n) is 13.0. The second kappa shape index (κ2) is 7.00. The van der Waals surface area contributed by atoms with Gasteiger partial charge < -0.3 is 0 Å². The van der Waals surface area contributed by atoms with Crippen molar-refractivity contribution in [2.24, 2.45) is 0 Å². The zero-order valence-corrected chi connectivity index (χ0v) is 14.6. The minimum Gasteiger partial charge on any atom is -0.268 e. The topological polar surface area (TPSA) is 76.3 Å². The normalized spacial score (nSPS) is 10.5. The SMILES string of the molecule is Cc1csc(N(C(=O)c2ccc(Cl)c([N+](=O)[O-])c2)c2ccccc2)n1. The van der Waals surface area contributed by atoms with Crippen LogP contribution in [0.3, 0.4) is 0 Å². The van der Waals surface area contributed by atoms with E-state index in [9.17, 15) is 14.9 Å². The molecule has 0 radical (unpaired) electrons. The molecule has 0 saturated carbocycles. The number of carbonyl (C=O) groups is 1. The van der Waals surface area contributed by atoms with Crippen LogP contribution in [0.2, 0.25) is 5.02 Å². The molecular formula is C17H12ClN3O3S. The first-order valence-electron chi connectivity index (χ1n) is 7.23. The van der Waals surface area contributed by atoms with E-state index < -0.39 is 10.8 Å². The van der Waals surface area contributed by atoms with Crippen LogP contribution in [0, 0.1) is 17.0 Å². The van der Waals surface area contributed by atoms with Crippen LogP contribution < -0.4 is 4.90 Å². The summed E-state index contributed by atoms with van der Waals surface area (Å²) in [6.07, 6.45) is 0. The van der Waals surface area contributed by atoms with Crippen molar-refractivity contribution in [3.63, 3.8) is 0 Å². The van der Waals surface area contributed by atoms with Gasteiger partial charge >= 0.3 is 0 Å². The second-order valence-corrected chi connectivity index (χ2v) is 6.41. The minimum absolute atomic E-state index is 0.0158. The number of halogens is 1. The molecule has 1 amide bonds. The van der Waals surface area contributed by atoms with Gasteiger partial charge in [0.1, 0.15) is 5.02 Å². The van der Waals surface area contributed by atoms with E-state index in [1.807, 2.05) is 18.4 Å². The predicted molar refractivity (Wildman–Crippen MR) is 97.9 cm³/mol. The number of para-hydroxylation sites is 1. The van der Waals surface area contributed by atoms with Crippen LogP contribution >= 0.6 is 22.9 Å². The van der Waals surface area contributed by atoms with Gasteiger partial charge in [0, 0.05) is 17.0 Å². The van der Waals surface area contributed by atoms with Crippen molar-refractivity contribution in [2.45, 2.75) is 6.92 Å². The van der Waals surface area contributed by atoms with E-state index in [0.29, 0.717) is 10.8 Å². The Hall–Kier alpha value is -2.77. The van der Waals surface area contributed by atoms with E-state index in [2.05, 4.69) is 4.98 Å². The number of nitro groups is 1. The summed E-state index contributed by atoms with van der Waals surface area (Å²) < 4.78 is 0. The fraction of sp³-hybridized carbons (Fsp3) is 0.0588. The lowest BCUT2D eigenvalue weighted by Crippen LogP contribution is -2.26. The summed E-state index contributed by atoms with van der Waals surface area (Å²) in [4.78, 5) is 29.4. The number of thiazole rings is 1. The van der Waals surface area contributed by atoms with E-state index in [4.69, 9.17) is 11.6 Å². The first kappa shape index (κ1) is 17.1. The van der Waals surface area contributed by atoms with Crippen molar-refractivity contribution in [3.8, 4) is 0 Å². The van der Waals surface area contributed by atoms with Crippen molar-refractivity contribution in [1.29, 1.82) is 0 Å². The van der Waals surface area contributed by atoms with Crippen molar-refractivity contribution in [1.82, 2.24) is 4.98 Å². The molecule has 2 aromatic carbocycles. The van der Waals surface area contributed by atoms with Crippen molar-refractivity contribution in [3.05, 3.63) is 80.3 Å². The van der Waals surface area contributed by atoms with E-state index in [0.717, 1.165) is 5.69 Å². The number of aromatic nitrogens is 1. The van der Waals surface area contributed by atoms with Crippen LogP contribution in [0.5, 0.6) is 0 Å². The lowest BCUT2D eigenvalue weighted by atomic mass is 10.1. The van der Waals surface area contributed by atoms with Gasteiger partial charge in [-0.2, -0.15) is 0 Å². The molecule has 0 N–H and O–H groups in total. The molecular weight excluding hydrogens is 362 g/mol. The Balaban J connectivity index is 2.09. The molecule has 0 aliphatic rings. The molecule has 25 heavy (non-hydrogen) atoms. The standard InChI is InChI=1S/C17H12ClN3O3S/c1-11-10-25-17(19-11)20(13-5-3-2-4-6-13)16(22)12-7-8-14(18)15(9-12)21(23)24/h2-10H,1H3. The van der Waals surface area contributed by atoms with Crippen LogP contribution in [-0.2, 0) is 0 Å². The molecule has 0 atom stereocenters. The van der Waals surface area contributed by atoms with E-state index in [1.54, 1.807) is 24.3 Å². The Morgan fingerprint density at radius 3 is 2.56 bits per heavy atom. The van der Waals surface area contributed by atoms with Crippen molar-refractivity contribution in [2.75, 3.05) is 4.90 Å². The van der Waals surface area contributed by atoms with Gasteiger partial charge in [0.15, 0.2) is 5.13 Å². The molecule has 8 heteroatoms. The summed E-state index contributed by atoms with van der Waals surface area (Å²) in [7, 11) is 0. The quantitative estimate of drug-likeness (QED) is 0.476. The summed E-state index contributed by atoms with van der Waals surface area (Å²) >= 11 is 7.16. The highest BCUT2D eigenvalue weighted by Crippen LogP contribution is 2.32. The molecule has 0 bridgehead atoms. The summed E-state index contributed by atoms with van der Waals surface area (Å²) in [5.74, 6) is -0.416. The summed E-state index contributed by atoms with van der Waals surface area (Å²) in [5.41, 5.74) is 1.26. The van der Waals surface area contributed by atoms with Gasteiger partial charge in [-0.15, -0.1) is 11.3 Å². The number of hydrogen-bond acceptors (Lipinski definition) is 5. The van der Waals surface area contributed by atoms with Crippen LogP contribution in [-0.4, -0.2) is 15.8 Å². The third-order valence-electron chi connectivity index (χ3n) is 3.41. The Morgan fingerprint density at radius 1 is 1.24 bits per heavy atom. The van der Waals surface area contributed by atoms with E-state index >= 15 is 0 Å². The maximum Gasteiger partial charge on any atom is 0.288 e. The molecule has 0 saturated heterocycles. The third-order valence-corrected chi connectivity index (χ3v) is 4.67. The van der Waals surface area contributed by atoms with Gasteiger partial charge in [0.05, 0.1) is 16.3 Å². The molecule has 0 aliphatic heterocycles. The number of anilines is 2. The number of aryl methyl sites for hydroxylation is 1. The van der Waals surface area contributed by atoms with E-state index in [-0.39, 0.29) is 16.3 Å². The first-order chi connectivity index (χ1) is 12.0. The molecule has 0 aliphatic carbocycles. The highest BCUT2D eigenvalue weighted by Gasteiger charge is 2.25. The monoisotopic (exact) mass is 373 g/mol. The number of rotatable bonds is 4. The Bertz CT molecular complexity index is 943. The average molecular weight is 374 g/mol. The van der Waals surface area contributed by atoms with Gasteiger partial charge in [0.25, 0.3) is 11.6 Å². The Labute approximate surface area is 152 Å². The molecule has 3 rings (SSSR count). The molecule has 6 nitrogen and oxygen atoms in total. The van der Waals surface area contributed by atoms with E-state index in [1.165, 1.54) is 34.4 Å². The van der Waals surface area contributed by atoms with Gasteiger partial charge in [-0.1, -0.05) is 29.8 Å². The molecule has 126 valence electrons. The van der Waals surface area contributed by atoms with Gasteiger partial charge in [-0.05, 0) is 31.2 Å². The predicted octanol–water partition coefficient (Wildman–Crippen LogP) is 4.99. The molecule has 0 fully saturated rings. The van der Waals surface area contributed by atoms with Crippen molar-refractivity contribution >= 4 is 45.4 Å². The fourth-order valence-electron chi connectivity index (χ4n) is 2.25. The average Bonchev–Trinajstić information content (AvgIpc) is 3.02. The molecule has 0 spiro atoms. The first-order valence-corrected chi connectivity index (χ1v) is 8.48. The van der Waals surface area contributed by atoms with Crippen LogP contribution in [0.15, 0.2) is 53.9 Å². The Morgan fingerprint density at radius 2 is 1.96 bits per heavy atom. The smallest absolute Gasteiger partial charge is 0.268 e. The molecule has 3 aromatic rings. The van der Waals surface area contributed by atoms with Crippen LogP contribution in [0.1, 0.15) is 16.1 Å². The van der Waals surface area contributed by atoms with Crippen LogP contribution in [0.25, 0.3) is 0 Å². The van der Waals surface area contributed by atoms with Gasteiger partial charge in [-0.25, -0.2) is 4.98 Å². The van der Waals surface area contributed by atoms with Gasteiger partial charge in [0.2, 0.25) is 0 Å². The molecule has 0 unspecified atom stereocenters. The number of amides is 1. The van der Waals surface area contributed by atoms with Crippen molar-refractivity contribution < 1.29 is 9.72 Å². The molecule has 1 aromatic heterocycles. The highest BCUT2D eigenvalue weighted by atomic mass is 35.5. The third kappa shape index (κ3) is 3.52. The maximum absolute atomic E-state index is 13.1. The zero-order chi connectivity index (χ0) is 18.0. The van der Waals surface area contributed by atoms with Crippen LogP contribution in [0.4, 0.5) is 16.5 Å². The maximum atomic E-state index is 13.1. The summed E-state index contributed by atoms with van der Waals surface area (Å²) in [6.45, 7) is 1.83. The summed E-state index contributed by atoms with van der Waals surface area (Å²) in [5, 5.41) is 13.4. The number of nitro benzene ring substituents is 1. The molecule has 1 heterocycles. The lowest BCUT2D eigenvalue weighted by Gasteiger charge is -2.20. The fourth-order valence-corrected chi connectivity index (χ4v) is 3.26. The summed E-state index contributed by atoms with van der Waals surface area (Å²) in [6, 6.07) is 13.0. The number of hydrogen-bond donors (Lipinski definition) is 0. The highest BCUT2D eigenvalue weighted by molar-refractivity contribution is 7.14. The lowest BCUT2D eigenvalue weighted by molar-refractivity contribution is -0.384. The largest absolute Gasteiger partial charge is 0.288 e. The number of benzene rings is 2.